The number of rotatable bonds is 4. The van der Waals surface area contributed by atoms with Crippen molar-refractivity contribution in [2.75, 3.05) is 25.9 Å². The van der Waals surface area contributed by atoms with E-state index >= 15 is 0 Å². The Bertz CT molecular complexity index is 533. The van der Waals surface area contributed by atoms with E-state index in [1.165, 1.54) is 13.5 Å². The molecule has 0 radical (unpaired) electrons. The minimum absolute atomic E-state index is 0.0184. The standard InChI is InChI=1S/C14H22N4O3/c1-3-10-16-12(14(20)21-2)13(15)18(10)9-11(19)17-7-5-4-6-8-17/h3-9,15H2,1-2H3. The molecule has 1 amide bonds. The number of esters is 1. The number of aryl methyl sites for hydroxylation is 1. The predicted molar refractivity (Wildman–Crippen MR) is 77.8 cm³/mol. The third kappa shape index (κ3) is 3.17. The first-order chi connectivity index (χ1) is 10.1. The van der Waals surface area contributed by atoms with Crippen molar-refractivity contribution in [2.24, 2.45) is 0 Å². The molecule has 2 heterocycles. The van der Waals surface area contributed by atoms with Crippen LogP contribution in [-0.4, -0.2) is 46.5 Å². The van der Waals surface area contributed by atoms with Crippen LogP contribution in [0.4, 0.5) is 5.82 Å². The third-order valence-corrected chi connectivity index (χ3v) is 3.78. The van der Waals surface area contributed by atoms with E-state index in [2.05, 4.69) is 9.72 Å². The van der Waals surface area contributed by atoms with E-state index < -0.39 is 5.97 Å². The lowest BCUT2D eigenvalue weighted by Crippen LogP contribution is -2.38. The first kappa shape index (κ1) is 15.3. The number of methoxy groups -OCH3 is 1. The Morgan fingerprint density at radius 1 is 1.29 bits per heavy atom. The summed E-state index contributed by atoms with van der Waals surface area (Å²) in [6.45, 7) is 3.61. The number of amides is 1. The maximum atomic E-state index is 12.3. The number of likely N-dealkylation sites (tertiary alicyclic amines) is 1. The largest absolute Gasteiger partial charge is 0.464 e. The van der Waals surface area contributed by atoms with Gasteiger partial charge >= 0.3 is 5.97 Å². The van der Waals surface area contributed by atoms with Crippen molar-refractivity contribution in [3.05, 3.63) is 11.5 Å². The number of nitrogens with zero attached hydrogens (tertiary/aromatic N) is 3. The smallest absolute Gasteiger partial charge is 0.360 e. The topological polar surface area (TPSA) is 90.4 Å². The van der Waals surface area contributed by atoms with E-state index in [0.29, 0.717) is 12.2 Å². The van der Waals surface area contributed by atoms with Crippen LogP contribution in [0, 0.1) is 0 Å². The maximum absolute atomic E-state index is 12.3. The summed E-state index contributed by atoms with van der Waals surface area (Å²) in [7, 11) is 1.28. The molecule has 0 unspecified atom stereocenters. The Kier molecular flexibility index (Phi) is 4.82. The molecule has 0 saturated carbocycles. The van der Waals surface area contributed by atoms with Crippen LogP contribution in [0.5, 0.6) is 0 Å². The zero-order valence-corrected chi connectivity index (χ0v) is 12.6. The molecule has 1 fully saturated rings. The lowest BCUT2D eigenvalue weighted by molar-refractivity contribution is -0.132. The fourth-order valence-corrected chi connectivity index (χ4v) is 2.59. The number of carbonyl (C=O) groups is 2. The van der Waals surface area contributed by atoms with Gasteiger partial charge in [0.15, 0.2) is 5.69 Å². The van der Waals surface area contributed by atoms with Gasteiger partial charge in [-0.15, -0.1) is 0 Å². The van der Waals surface area contributed by atoms with Crippen LogP contribution in [0.1, 0.15) is 42.5 Å². The van der Waals surface area contributed by atoms with Crippen LogP contribution in [0.2, 0.25) is 0 Å². The Balaban J connectivity index is 2.20. The second kappa shape index (κ2) is 6.60. The van der Waals surface area contributed by atoms with Gasteiger partial charge in [0.1, 0.15) is 18.2 Å². The molecule has 7 nitrogen and oxygen atoms in total. The highest BCUT2D eigenvalue weighted by atomic mass is 16.5. The highest BCUT2D eigenvalue weighted by Gasteiger charge is 2.23. The van der Waals surface area contributed by atoms with Crippen molar-refractivity contribution in [1.82, 2.24) is 14.5 Å². The molecule has 7 heteroatoms. The lowest BCUT2D eigenvalue weighted by Gasteiger charge is -2.27. The molecule has 0 aromatic carbocycles. The summed E-state index contributed by atoms with van der Waals surface area (Å²) in [5.74, 6) is 0.263. The van der Waals surface area contributed by atoms with Crippen LogP contribution < -0.4 is 5.73 Å². The summed E-state index contributed by atoms with van der Waals surface area (Å²) in [6, 6.07) is 0. The highest BCUT2D eigenvalue weighted by molar-refractivity contribution is 5.92. The molecule has 1 saturated heterocycles. The number of hydrogen-bond acceptors (Lipinski definition) is 5. The Labute approximate surface area is 124 Å². The number of nitrogen functional groups attached to an aromatic ring is 1. The van der Waals surface area contributed by atoms with Crippen molar-refractivity contribution < 1.29 is 14.3 Å². The van der Waals surface area contributed by atoms with Gasteiger partial charge in [-0.05, 0) is 19.3 Å². The van der Waals surface area contributed by atoms with Crippen LogP contribution in [-0.2, 0) is 22.5 Å². The van der Waals surface area contributed by atoms with Gasteiger partial charge in [-0.1, -0.05) is 6.92 Å². The number of nitrogens with two attached hydrogens (primary N) is 1. The van der Waals surface area contributed by atoms with Gasteiger partial charge in [0.25, 0.3) is 0 Å². The Morgan fingerprint density at radius 3 is 2.52 bits per heavy atom. The molecule has 116 valence electrons. The van der Waals surface area contributed by atoms with E-state index in [1.807, 2.05) is 11.8 Å². The van der Waals surface area contributed by atoms with Gasteiger partial charge in [-0.2, -0.15) is 0 Å². The number of aromatic nitrogens is 2. The van der Waals surface area contributed by atoms with E-state index in [9.17, 15) is 9.59 Å². The normalized spacial score (nSPS) is 15.0. The molecule has 2 N–H and O–H groups in total. The van der Waals surface area contributed by atoms with Crippen molar-refractivity contribution in [2.45, 2.75) is 39.2 Å². The molecule has 1 aliphatic heterocycles. The average molecular weight is 294 g/mol. The van der Waals surface area contributed by atoms with Gasteiger partial charge < -0.3 is 19.9 Å². The van der Waals surface area contributed by atoms with Crippen LogP contribution in [0.25, 0.3) is 0 Å². The summed E-state index contributed by atoms with van der Waals surface area (Å²) < 4.78 is 6.28. The summed E-state index contributed by atoms with van der Waals surface area (Å²) in [5, 5.41) is 0. The molecule has 0 spiro atoms. The van der Waals surface area contributed by atoms with Crippen LogP contribution in [0.3, 0.4) is 0 Å². The Morgan fingerprint density at radius 2 is 1.95 bits per heavy atom. The van der Waals surface area contributed by atoms with E-state index in [1.54, 1.807) is 4.57 Å². The minimum Gasteiger partial charge on any atom is -0.464 e. The summed E-state index contributed by atoms with van der Waals surface area (Å²) in [6.07, 6.45) is 3.84. The third-order valence-electron chi connectivity index (χ3n) is 3.78. The quantitative estimate of drug-likeness (QED) is 0.830. The summed E-state index contributed by atoms with van der Waals surface area (Å²) >= 11 is 0. The molecule has 0 bridgehead atoms. The van der Waals surface area contributed by atoms with Crippen LogP contribution in [0.15, 0.2) is 0 Å². The molecule has 1 aromatic heterocycles. The van der Waals surface area contributed by atoms with Gasteiger partial charge in [0.05, 0.1) is 7.11 Å². The number of piperidine rings is 1. The van der Waals surface area contributed by atoms with Gasteiger partial charge in [-0.25, -0.2) is 9.78 Å². The fraction of sp³-hybridized carbons (Fsp3) is 0.643. The molecule has 0 aliphatic carbocycles. The zero-order chi connectivity index (χ0) is 15.4. The average Bonchev–Trinajstić information content (AvgIpc) is 2.84. The van der Waals surface area contributed by atoms with Crippen molar-refractivity contribution in [1.29, 1.82) is 0 Å². The van der Waals surface area contributed by atoms with Gasteiger partial charge in [0, 0.05) is 19.5 Å². The first-order valence-electron chi connectivity index (χ1n) is 7.29. The number of hydrogen-bond donors (Lipinski definition) is 1. The van der Waals surface area contributed by atoms with Crippen LogP contribution >= 0.6 is 0 Å². The van der Waals surface area contributed by atoms with E-state index in [-0.39, 0.29) is 24.0 Å². The highest BCUT2D eigenvalue weighted by Crippen LogP contribution is 2.17. The predicted octanol–water partition coefficient (Wildman–Crippen LogP) is 0.827. The first-order valence-corrected chi connectivity index (χ1v) is 7.29. The molecular weight excluding hydrogens is 272 g/mol. The molecule has 2 rings (SSSR count). The van der Waals surface area contributed by atoms with Crippen molar-refractivity contribution >= 4 is 17.7 Å². The second-order valence-electron chi connectivity index (χ2n) is 5.13. The molecular formula is C14H22N4O3. The maximum Gasteiger partial charge on any atom is 0.360 e. The SMILES string of the molecule is CCc1nc(C(=O)OC)c(N)n1CC(=O)N1CCCCC1. The number of ether oxygens (including phenoxy) is 1. The lowest BCUT2D eigenvalue weighted by atomic mass is 10.1. The van der Waals surface area contributed by atoms with Gasteiger partial charge in [0.2, 0.25) is 5.91 Å². The minimum atomic E-state index is -0.577. The molecule has 21 heavy (non-hydrogen) atoms. The molecule has 1 aromatic rings. The second-order valence-corrected chi connectivity index (χ2v) is 5.13. The summed E-state index contributed by atoms with van der Waals surface area (Å²) in [5.41, 5.74) is 6.05. The monoisotopic (exact) mass is 294 g/mol. The van der Waals surface area contributed by atoms with E-state index in [0.717, 1.165) is 25.9 Å². The molecule has 1 aliphatic rings. The van der Waals surface area contributed by atoms with Crippen molar-refractivity contribution in [3.63, 3.8) is 0 Å². The van der Waals surface area contributed by atoms with E-state index in [4.69, 9.17) is 5.73 Å². The fourth-order valence-electron chi connectivity index (χ4n) is 2.59. The molecule has 0 atom stereocenters. The number of imidazole rings is 1. The number of carbonyl (C=O) groups excluding carboxylic acids is 2. The van der Waals surface area contributed by atoms with Gasteiger partial charge in [-0.3, -0.25) is 4.79 Å². The zero-order valence-electron chi connectivity index (χ0n) is 12.6. The number of anilines is 1. The van der Waals surface area contributed by atoms with Crippen molar-refractivity contribution in [3.8, 4) is 0 Å². The summed E-state index contributed by atoms with van der Waals surface area (Å²) in [4.78, 5) is 30.0. The Hall–Kier alpha value is -2.05.